The molecule has 0 fully saturated rings. The molecule has 24 heavy (non-hydrogen) atoms. The van der Waals surface area contributed by atoms with Crippen LogP contribution in [0.3, 0.4) is 0 Å². The van der Waals surface area contributed by atoms with Crippen molar-refractivity contribution in [3.8, 4) is 0 Å². The molecule has 0 heterocycles. The molecule has 6 heteroatoms. The third kappa shape index (κ3) is 8.65. The minimum atomic E-state index is -0.538. The Morgan fingerprint density at radius 2 is 1.79 bits per heavy atom. The van der Waals surface area contributed by atoms with Gasteiger partial charge in [-0.05, 0) is 38.5 Å². The van der Waals surface area contributed by atoms with E-state index in [1.807, 2.05) is 27.7 Å². The van der Waals surface area contributed by atoms with E-state index >= 15 is 0 Å². The van der Waals surface area contributed by atoms with Gasteiger partial charge in [0, 0.05) is 20.1 Å². The summed E-state index contributed by atoms with van der Waals surface area (Å²) in [6, 6.07) is -0.538. The number of likely N-dealkylation sites (N-methyl/N-ethyl adjacent to an activating group) is 1. The van der Waals surface area contributed by atoms with Crippen LogP contribution < -0.4 is 0 Å². The molecule has 0 bridgehead atoms. The van der Waals surface area contributed by atoms with Crippen LogP contribution in [0.1, 0.15) is 67.2 Å². The van der Waals surface area contributed by atoms with Gasteiger partial charge in [-0.3, -0.25) is 4.79 Å². The normalized spacial score (nSPS) is 14.4. The fraction of sp³-hybridized carbons (Fsp3) is 0.889. The van der Waals surface area contributed by atoms with Crippen molar-refractivity contribution in [2.24, 2.45) is 11.8 Å². The second kappa shape index (κ2) is 11.3. The fourth-order valence-electron chi connectivity index (χ4n) is 2.42. The van der Waals surface area contributed by atoms with Gasteiger partial charge in [0.1, 0.15) is 6.04 Å². The number of amides is 1. The van der Waals surface area contributed by atoms with Crippen LogP contribution in [0.2, 0.25) is 0 Å². The standard InChI is InChI=1S/C18H34INO4/c1-8-14(4)16(17(22)24-19)20(7)15(21)9-11-18(5,6)23-12-10-13(2)3/h13-14,16H,8-12H2,1-7H3. The molecule has 0 saturated heterocycles. The zero-order chi connectivity index (χ0) is 18.9. The van der Waals surface area contributed by atoms with Gasteiger partial charge in [-0.2, -0.15) is 0 Å². The maximum Gasteiger partial charge on any atom is 0.338 e. The number of carbonyl (C=O) groups excluding carboxylic acids is 2. The quantitative estimate of drug-likeness (QED) is 0.434. The van der Waals surface area contributed by atoms with Gasteiger partial charge in [0.25, 0.3) is 0 Å². The van der Waals surface area contributed by atoms with Crippen LogP contribution in [-0.4, -0.2) is 42.1 Å². The van der Waals surface area contributed by atoms with Crippen molar-refractivity contribution in [3.63, 3.8) is 0 Å². The van der Waals surface area contributed by atoms with Crippen LogP contribution in [-0.2, 0) is 17.4 Å². The molecule has 142 valence electrons. The summed E-state index contributed by atoms with van der Waals surface area (Å²) in [4.78, 5) is 26.1. The number of carbonyl (C=O) groups is 2. The van der Waals surface area contributed by atoms with Crippen molar-refractivity contribution in [3.05, 3.63) is 0 Å². The van der Waals surface area contributed by atoms with Gasteiger partial charge in [-0.25, -0.2) is 4.79 Å². The number of hydrogen-bond acceptors (Lipinski definition) is 4. The first-order valence-corrected chi connectivity index (χ1v) is 9.65. The summed E-state index contributed by atoms with van der Waals surface area (Å²) in [7, 11) is 1.68. The minimum absolute atomic E-state index is 0.0523. The first kappa shape index (κ1) is 23.6. The van der Waals surface area contributed by atoms with E-state index in [4.69, 9.17) is 7.80 Å². The highest BCUT2D eigenvalue weighted by molar-refractivity contribution is 14.1. The molecular formula is C18H34INO4. The lowest BCUT2D eigenvalue weighted by Crippen LogP contribution is -2.46. The van der Waals surface area contributed by atoms with E-state index < -0.39 is 6.04 Å². The monoisotopic (exact) mass is 455 g/mol. The Hall–Kier alpha value is -0.370. The molecule has 0 saturated carbocycles. The van der Waals surface area contributed by atoms with E-state index in [2.05, 4.69) is 13.8 Å². The highest BCUT2D eigenvalue weighted by atomic mass is 127. The van der Waals surface area contributed by atoms with Crippen LogP contribution in [0.4, 0.5) is 0 Å². The number of hydrogen-bond donors (Lipinski definition) is 0. The van der Waals surface area contributed by atoms with Crippen molar-refractivity contribution in [1.82, 2.24) is 4.90 Å². The highest BCUT2D eigenvalue weighted by Gasteiger charge is 2.33. The van der Waals surface area contributed by atoms with Gasteiger partial charge >= 0.3 is 5.97 Å². The molecule has 5 nitrogen and oxygen atoms in total. The Morgan fingerprint density at radius 3 is 2.25 bits per heavy atom. The van der Waals surface area contributed by atoms with Crippen molar-refractivity contribution in [1.29, 1.82) is 0 Å². The van der Waals surface area contributed by atoms with Crippen molar-refractivity contribution in [2.45, 2.75) is 78.9 Å². The van der Waals surface area contributed by atoms with Gasteiger partial charge in [0.05, 0.1) is 5.60 Å². The highest BCUT2D eigenvalue weighted by Crippen LogP contribution is 2.21. The van der Waals surface area contributed by atoms with Crippen LogP contribution in [0.5, 0.6) is 0 Å². The topological polar surface area (TPSA) is 55.8 Å². The Morgan fingerprint density at radius 1 is 1.21 bits per heavy atom. The van der Waals surface area contributed by atoms with Crippen LogP contribution >= 0.6 is 23.0 Å². The molecule has 0 aliphatic heterocycles. The number of nitrogens with zero attached hydrogens (tertiary/aromatic N) is 1. The maximum absolute atomic E-state index is 12.5. The summed E-state index contributed by atoms with van der Waals surface area (Å²) in [5, 5.41) is 0. The Balaban J connectivity index is 4.63. The Kier molecular flexibility index (Phi) is 11.1. The predicted molar refractivity (Wildman–Crippen MR) is 105 cm³/mol. The summed E-state index contributed by atoms with van der Waals surface area (Å²) in [5.74, 6) is 0.233. The maximum atomic E-state index is 12.5. The van der Waals surface area contributed by atoms with Crippen LogP contribution in [0.15, 0.2) is 0 Å². The predicted octanol–water partition coefficient (Wildman–Crippen LogP) is 4.37. The fourth-order valence-corrected chi connectivity index (χ4v) is 2.68. The molecule has 0 aliphatic rings. The molecule has 1 amide bonds. The second-order valence-electron chi connectivity index (χ2n) is 7.52. The zero-order valence-electron chi connectivity index (χ0n) is 16.2. The lowest BCUT2D eigenvalue weighted by molar-refractivity contribution is -0.147. The molecule has 0 spiro atoms. The molecule has 0 aromatic rings. The Labute approximate surface area is 161 Å². The SMILES string of the molecule is CCC(C)C(C(=O)OI)N(C)C(=O)CCC(C)(C)OCCC(C)C. The molecule has 2 unspecified atom stereocenters. The molecule has 0 aromatic carbocycles. The van der Waals surface area contributed by atoms with E-state index in [-0.39, 0.29) is 23.4 Å². The summed E-state index contributed by atoms with van der Waals surface area (Å²) in [6.45, 7) is 13.0. The molecular weight excluding hydrogens is 421 g/mol. The van der Waals surface area contributed by atoms with E-state index in [0.29, 0.717) is 25.4 Å². The van der Waals surface area contributed by atoms with E-state index in [1.54, 1.807) is 30.1 Å². The molecule has 0 aromatic heterocycles. The van der Waals surface area contributed by atoms with Crippen molar-refractivity contribution >= 4 is 34.9 Å². The summed E-state index contributed by atoms with van der Waals surface area (Å²) in [6.07, 6.45) is 2.79. The number of ether oxygens (including phenoxy) is 1. The first-order chi connectivity index (χ1) is 11.1. The van der Waals surface area contributed by atoms with Crippen LogP contribution in [0.25, 0.3) is 0 Å². The summed E-state index contributed by atoms with van der Waals surface area (Å²) < 4.78 is 10.7. The van der Waals surface area contributed by atoms with E-state index in [0.717, 1.165) is 12.8 Å². The number of halogens is 1. The van der Waals surface area contributed by atoms with Crippen LogP contribution in [0, 0.1) is 11.8 Å². The van der Waals surface area contributed by atoms with Crippen molar-refractivity contribution < 1.29 is 17.4 Å². The van der Waals surface area contributed by atoms with Gasteiger partial charge < -0.3 is 12.7 Å². The second-order valence-corrected chi connectivity index (χ2v) is 7.96. The molecule has 0 radical (unpaired) electrons. The van der Waals surface area contributed by atoms with E-state index in [9.17, 15) is 9.59 Å². The third-order valence-electron chi connectivity index (χ3n) is 4.44. The molecule has 2 atom stereocenters. The van der Waals surface area contributed by atoms with Gasteiger partial charge in [-0.1, -0.05) is 34.1 Å². The lowest BCUT2D eigenvalue weighted by atomic mass is 9.96. The minimum Gasteiger partial charge on any atom is -0.393 e. The van der Waals surface area contributed by atoms with E-state index in [1.165, 1.54) is 4.90 Å². The first-order valence-electron chi connectivity index (χ1n) is 8.77. The molecule has 0 N–H and O–H groups in total. The van der Waals surface area contributed by atoms with Gasteiger partial charge in [0.2, 0.25) is 5.91 Å². The summed E-state index contributed by atoms with van der Waals surface area (Å²) >= 11 is 1.58. The number of rotatable bonds is 11. The van der Waals surface area contributed by atoms with Gasteiger partial charge in [0.15, 0.2) is 23.0 Å². The average molecular weight is 455 g/mol. The Bertz CT molecular complexity index is 398. The smallest absolute Gasteiger partial charge is 0.338 e. The molecule has 0 rings (SSSR count). The van der Waals surface area contributed by atoms with Gasteiger partial charge in [-0.15, -0.1) is 0 Å². The lowest BCUT2D eigenvalue weighted by Gasteiger charge is -2.31. The van der Waals surface area contributed by atoms with Crippen molar-refractivity contribution in [2.75, 3.05) is 13.7 Å². The molecule has 0 aliphatic carbocycles. The largest absolute Gasteiger partial charge is 0.393 e. The summed E-state index contributed by atoms with van der Waals surface area (Å²) in [5.41, 5.74) is -0.346. The average Bonchev–Trinajstić information content (AvgIpc) is 2.51. The third-order valence-corrected chi connectivity index (χ3v) is 4.87. The zero-order valence-corrected chi connectivity index (χ0v) is 18.4.